The molecule has 0 N–H and O–H groups in total. The van der Waals surface area contributed by atoms with Crippen molar-refractivity contribution in [3.05, 3.63) is 53.6 Å². The van der Waals surface area contributed by atoms with Gasteiger partial charge in [0.15, 0.2) is 0 Å². The number of carbonyl (C=O) groups excluding carboxylic acids is 1. The Morgan fingerprint density at radius 2 is 1.96 bits per heavy atom. The molecule has 1 aliphatic heterocycles. The van der Waals surface area contributed by atoms with Crippen molar-refractivity contribution >= 4 is 21.6 Å². The smallest absolute Gasteiger partial charge is 0.243 e. The van der Waals surface area contributed by atoms with E-state index in [0.29, 0.717) is 5.75 Å². The van der Waals surface area contributed by atoms with E-state index in [1.165, 1.54) is 10.4 Å². The van der Waals surface area contributed by atoms with Crippen molar-refractivity contribution in [1.29, 1.82) is 0 Å². The zero-order valence-corrected chi connectivity index (χ0v) is 17.5. The number of hydrogen-bond acceptors (Lipinski definition) is 4. The Morgan fingerprint density at radius 1 is 1.25 bits per heavy atom. The minimum atomic E-state index is -3.79. The minimum Gasteiger partial charge on any atom is -0.496 e. The van der Waals surface area contributed by atoms with Crippen molar-refractivity contribution in [3.8, 4) is 5.75 Å². The van der Waals surface area contributed by atoms with Crippen LogP contribution in [0.1, 0.15) is 25.0 Å². The van der Waals surface area contributed by atoms with E-state index in [1.807, 2.05) is 31.2 Å². The van der Waals surface area contributed by atoms with Gasteiger partial charge >= 0.3 is 0 Å². The summed E-state index contributed by atoms with van der Waals surface area (Å²) in [5.41, 5.74) is 2.71. The molecule has 1 heterocycles. The first-order chi connectivity index (χ1) is 13.3. The van der Waals surface area contributed by atoms with Gasteiger partial charge in [0.1, 0.15) is 5.75 Å². The Hall–Kier alpha value is -2.38. The van der Waals surface area contributed by atoms with Gasteiger partial charge in [0.2, 0.25) is 15.9 Å². The Morgan fingerprint density at radius 3 is 2.61 bits per heavy atom. The second-order valence-corrected chi connectivity index (χ2v) is 8.95. The van der Waals surface area contributed by atoms with Crippen molar-refractivity contribution < 1.29 is 17.9 Å². The van der Waals surface area contributed by atoms with Crippen LogP contribution in [0.3, 0.4) is 0 Å². The van der Waals surface area contributed by atoms with E-state index in [-0.39, 0.29) is 29.9 Å². The lowest BCUT2D eigenvalue weighted by Gasteiger charge is -2.27. The summed E-state index contributed by atoms with van der Waals surface area (Å²) in [7, 11) is -2.24. The van der Waals surface area contributed by atoms with E-state index < -0.39 is 10.0 Å². The lowest BCUT2D eigenvalue weighted by molar-refractivity contribution is -0.119. The van der Waals surface area contributed by atoms with Gasteiger partial charge < -0.3 is 9.64 Å². The highest BCUT2D eigenvalue weighted by Gasteiger charge is 2.34. The molecule has 1 aliphatic rings. The van der Waals surface area contributed by atoms with E-state index in [2.05, 4.69) is 0 Å². The summed E-state index contributed by atoms with van der Waals surface area (Å²) in [4.78, 5) is 14.9. The number of para-hydroxylation sites is 1. The highest BCUT2D eigenvalue weighted by molar-refractivity contribution is 7.89. The number of likely N-dealkylation sites (N-methyl/N-ethyl adjacent to an activating group) is 1. The fraction of sp³-hybridized carbons (Fsp3) is 0.381. The number of carbonyl (C=O) groups is 1. The SMILES string of the molecule is CCN(CC(=O)N1c2ccccc2C[C@H]1C)S(=O)(=O)c1ccc(OC)c(C)c1. The summed E-state index contributed by atoms with van der Waals surface area (Å²) in [6.07, 6.45) is 0.776. The van der Waals surface area contributed by atoms with Crippen LogP contribution in [0, 0.1) is 6.92 Å². The van der Waals surface area contributed by atoms with Crippen molar-refractivity contribution in [2.45, 2.75) is 38.1 Å². The third kappa shape index (κ3) is 3.64. The van der Waals surface area contributed by atoms with Crippen LogP contribution in [0.25, 0.3) is 0 Å². The summed E-state index contributed by atoms with van der Waals surface area (Å²) < 4.78 is 32.6. The van der Waals surface area contributed by atoms with Gasteiger partial charge in [-0.15, -0.1) is 0 Å². The van der Waals surface area contributed by atoms with Gasteiger partial charge in [0.05, 0.1) is 18.6 Å². The number of fused-ring (bicyclic) bond motifs is 1. The minimum absolute atomic E-state index is 0.00883. The van der Waals surface area contributed by atoms with Gasteiger partial charge in [-0.05, 0) is 55.7 Å². The largest absolute Gasteiger partial charge is 0.496 e. The topological polar surface area (TPSA) is 66.9 Å². The number of amides is 1. The molecule has 0 spiro atoms. The number of methoxy groups -OCH3 is 1. The first-order valence-corrected chi connectivity index (χ1v) is 10.8. The number of anilines is 1. The predicted octanol–water partition coefficient (Wildman–Crippen LogP) is 2.99. The number of nitrogens with zero attached hydrogens (tertiary/aromatic N) is 2. The quantitative estimate of drug-likeness (QED) is 0.745. The maximum atomic E-state index is 13.1. The van der Waals surface area contributed by atoms with Crippen molar-refractivity contribution in [1.82, 2.24) is 4.31 Å². The molecule has 0 radical (unpaired) electrons. The molecule has 0 saturated carbocycles. The number of ether oxygens (including phenoxy) is 1. The normalized spacial score (nSPS) is 16.3. The molecule has 1 amide bonds. The number of aryl methyl sites for hydroxylation is 1. The van der Waals surface area contributed by atoms with Crippen molar-refractivity contribution in [2.24, 2.45) is 0 Å². The van der Waals surface area contributed by atoms with Gasteiger partial charge in [0, 0.05) is 18.3 Å². The zero-order valence-electron chi connectivity index (χ0n) is 16.7. The predicted molar refractivity (Wildman–Crippen MR) is 109 cm³/mol. The average molecular weight is 403 g/mol. The third-order valence-electron chi connectivity index (χ3n) is 5.14. The second kappa shape index (κ2) is 7.93. The number of benzene rings is 2. The van der Waals surface area contributed by atoms with E-state index in [4.69, 9.17) is 4.74 Å². The molecule has 6 nitrogen and oxygen atoms in total. The third-order valence-corrected chi connectivity index (χ3v) is 7.06. The van der Waals surface area contributed by atoms with Crippen LogP contribution in [0.15, 0.2) is 47.4 Å². The van der Waals surface area contributed by atoms with Gasteiger partial charge in [-0.2, -0.15) is 4.31 Å². The fourth-order valence-electron chi connectivity index (χ4n) is 3.70. The van der Waals surface area contributed by atoms with Crippen LogP contribution < -0.4 is 9.64 Å². The molecule has 0 aromatic heterocycles. The molecule has 2 aromatic rings. The van der Waals surface area contributed by atoms with Gasteiger partial charge in [-0.1, -0.05) is 25.1 Å². The van der Waals surface area contributed by atoms with Gasteiger partial charge in [0.25, 0.3) is 0 Å². The van der Waals surface area contributed by atoms with Crippen LogP contribution in [-0.4, -0.2) is 44.9 Å². The van der Waals surface area contributed by atoms with Gasteiger partial charge in [-0.25, -0.2) is 8.42 Å². The molecule has 0 saturated heterocycles. The monoisotopic (exact) mass is 402 g/mol. The molecule has 7 heteroatoms. The highest BCUT2D eigenvalue weighted by Crippen LogP contribution is 2.32. The number of rotatable bonds is 6. The van der Waals surface area contributed by atoms with Gasteiger partial charge in [-0.3, -0.25) is 4.79 Å². The maximum absolute atomic E-state index is 13.1. The summed E-state index contributed by atoms with van der Waals surface area (Å²) in [5, 5.41) is 0. The fourth-order valence-corrected chi connectivity index (χ4v) is 5.18. The molecule has 0 bridgehead atoms. The number of sulfonamides is 1. The first kappa shape index (κ1) is 20.4. The molecular formula is C21H26N2O4S. The molecule has 0 unspecified atom stereocenters. The Balaban J connectivity index is 1.86. The Labute approximate surface area is 166 Å². The van der Waals surface area contributed by atoms with Crippen LogP contribution in [0.5, 0.6) is 5.75 Å². The molecule has 0 aliphatic carbocycles. The molecule has 1 atom stereocenters. The first-order valence-electron chi connectivity index (χ1n) is 9.34. The van der Waals surface area contributed by atoms with E-state index in [9.17, 15) is 13.2 Å². The van der Waals surface area contributed by atoms with E-state index >= 15 is 0 Å². The Kier molecular flexibility index (Phi) is 5.76. The molecule has 150 valence electrons. The molecular weight excluding hydrogens is 376 g/mol. The van der Waals surface area contributed by atoms with E-state index in [0.717, 1.165) is 23.2 Å². The molecule has 2 aromatic carbocycles. The standard InChI is InChI=1S/C21H26N2O4S/c1-5-22(28(25,26)18-10-11-20(27-4)15(2)12-18)14-21(24)23-16(3)13-17-8-6-7-9-19(17)23/h6-12,16H,5,13-14H2,1-4H3/t16-/m1/s1. The van der Waals surface area contributed by atoms with Crippen LogP contribution >= 0.6 is 0 Å². The molecule has 0 fully saturated rings. The molecule has 3 rings (SSSR count). The Bertz CT molecular complexity index is 988. The lowest BCUT2D eigenvalue weighted by Crippen LogP contribution is -2.45. The maximum Gasteiger partial charge on any atom is 0.243 e. The van der Waals surface area contributed by atoms with Crippen LogP contribution in [0.2, 0.25) is 0 Å². The van der Waals surface area contributed by atoms with Crippen LogP contribution in [-0.2, 0) is 21.2 Å². The lowest BCUT2D eigenvalue weighted by atomic mass is 10.1. The van der Waals surface area contributed by atoms with Crippen molar-refractivity contribution in [2.75, 3.05) is 25.1 Å². The number of hydrogen-bond donors (Lipinski definition) is 0. The summed E-state index contributed by atoms with van der Waals surface area (Å²) in [6, 6.07) is 12.5. The molecule has 28 heavy (non-hydrogen) atoms. The van der Waals surface area contributed by atoms with E-state index in [1.54, 1.807) is 38.0 Å². The average Bonchev–Trinajstić information content (AvgIpc) is 3.01. The van der Waals surface area contributed by atoms with Crippen molar-refractivity contribution in [3.63, 3.8) is 0 Å². The second-order valence-electron chi connectivity index (χ2n) is 7.01. The van der Waals surface area contributed by atoms with Crippen LogP contribution in [0.4, 0.5) is 5.69 Å². The summed E-state index contributed by atoms with van der Waals surface area (Å²) >= 11 is 0. The zero-order chi connectivity index (χ0) is 20.5. The summed E-state index contributed by atoms with van der Waals surface area (Å²) in [6.45, 7) is 5.53. The highest BCUT2D eigenvalue weighted by atomic mass is 32.2. The summed E-state index contributed by atoms with van der Waals surface area (Å²) in [5.74, 6) is 0.411.